The zero-order chi connectivity index (χ0) is 24.5. The summed E-state index contributed by atoms with van der Waals surface area (Å²) < 4.78 is 5.92. The van der Waals surface area contributed by atoms with Crippen molar-refractivity contribution in [1.82, 2.24) is 10.4 Å². The summed E-state index contributed by atoms with van der Waals surface area (Å²) in [4.78, 5) is 30.0. The average molecular weight is 507 g/mol. The SMILES string of the molecule is Cc1c(C(=O)Nc2cc(Cl)cc(Cl)c2)oc2c1/C(=N/NC(=O)c1ccc3ccccc3n1)CCC2. The number of hydrogen-bond donors (Lipinski definition) is 2. The fraction of sp³-hybridized carbons (Fsp3) is 0.154. The third-order valence-electron chi connectivity index (χ3n) is 5.78. The van der Waals surface area contributed by atoms with Gasteiger partial charge in [0.05, 0.1) is 11.2 Å². The van der Waals surface area contributed by atoms with E-state index in [0.717, 1.165) is 22.9 Å². The van der Waals surface area contributed by atoms with Crippen LogP contribution in [0.15, 0.2) is 64.1 Å². The number of nitrogens with zero attached hydrogens (tertiary/aromatic N) is 2. The molecule has 0 saturated heterocycles. The summed E-state index contributed by atoms with van der Waals surface area (Å²) in [7, 11) is 0. The molecule has 0 bridgehead atoms. The maximum atomic E-state index is 12.9. The molecular weight excluding hydrogens is 487 g/mol. The standard InChI is InChI=1S/C26H20Cl2N4O3/c1-14-23-20(31-32-25(33)21-10-9-15-5-2-3-6-19(15)30-21)7-4-8-22(23)35-24(14)26(34)29-18-12-16(27)11-17(28)13-18/h2-3,5-6,9-13H,4,7-8H2,1H3,(H,29,34)(H,32,33)/b31-20+. The molecular formula is C26H20Cl2N4O3. The molecule has 5 rings (SSSR count). The van der Waals surface area contributed by atoms with E-state index in [1.54, 1.807) is 31.2 Å². The number of fused-ring (bicyclic) bond motifs is 2. The number of carbonyl (C=O) groups is 2. The number of hydrazone groups is 1. The summed E-state index contributed by atoms with van der Waals surface area (Å²) in [6.07, 6.45) is 2.10. The Morgan fingerprint density at radius 3 is 2.57 bits per heavy atom. The van der Waals surface area contributed by atoms with Crippen LogP contribution in [0, 0.1) is 6.92 Å². The fourth-order valence-corrected chi connectivity index (χ4v) is 4.70. The van der Waals surface area contributed by atoms with Gasteiger partial charge in [0.15, 0.2) is 5.76 Å². The summed E-state index contributed by atoms with van der Waals surface area (Å²) in [6, 6.07) is 15.9. The van der Waals surface area contributed by atoms with E-state index in [2.05, 4.69) is 20.8 Å². The van der Waals surface area contributed by atoms with Crippen molar-refractivity contribution in [3.05, 3.63) is 93.0 Å². The first-order chi connectivity index (χ1) is 16.9. The highest BCUT2D eigenvalue weighted by atomic mass is 35.5. The third-order valence-corrected chi connectivity index (χ3v) is 6.21. The average Bonchev–Trinajstić information content (AvgIpc) is 3.18. The molecule has 2 N–H and O–H groups in total. The molecule has 9 heteroatoms. The van der Waals surface area contributed by atoms with E-state index in [1.807, 2.05) is 30.3 Å². The third kappa shape index (κ3) is 4.78. The molecule has 1 aliphatic rings. The van der Waals surface area contributed by atoms with Gasteiger partial charge in [-0.2, -0.15) is 5.10 Å². The zero-order valence-electron chi connectivity index (χ0n) is 18.7. The normalized spacial score (nSPS) is 14.1. The van der Waals surface area contributed by atoms with E-state index in [-0.39, 0.29) is 11.5 Å². The van der Waals surface area contributed by atoms with Crippen molar-refractivity contribution in [1.29, 1.82) is 0 Å². The fourth-order valence-electron chi connectivity index (χ4n) is 4.18. The highest BCUT2D eigenvalue weighted by molar-refractivity contribution is 6.35. The van der Waals surface area contributed by atoms with Crippen LogP contribution in [0.2, 0.25) is 10.0 Å². The van der Waals surface area contributed by atoms with Gasteiger partial charge in [0.25, 0.3) is 11.8 Å². The van der Waals surface area contributed by atoms with Crippen LogP contribution >= 0.6 is 23.2 Å². The van der Waals surface area contributed by atoms with E-state index >= 15 is 0 Å². The number of benzene rings is 2. The minimum atomic E-state index is -0.418. The van der Waals surface area contributed by atoms with Gasteiger partial charge in [0, 0.05) is 38.7 Å². The van der Waals surface area contributed by atoms with E-state index < -0.39 is 11.8 Å². The molecule has 0 aliphatic heterocycles. The van der Waals surface area contributed by atoms with E-state index in [4.69, 9.17) is 27.6 Å². The van der Waals surface area contributed by atoms with E-state index in [1.165, 1.54) is 0 Å². The molecule has 7 nitrogen and oxygen atoms in total. The lowest BCUT2D eigenvalue weighted by molar-refractivity contribution is 0.0949. The molecule has 2 amide bonds. The van der Waals surface area contributed by atoms with Crippen molar-refractivity contribution < 1.29 is 14.0 Å². The largest absolute Gasteiger partial charge is 0.455 e. The van der Waals surface area contributed by atoms with Crippen LogP contribution in [-0.4, -0.2) is 22.5 Å². The minimum Gasteiger partial charge on any atom is -0.455 e. The molecule has 176 valence electrons. The molecule has 0 fully saturated rings. The van der Waals surface area contributed by atoms with Crippen molar-refractivity contribution >= 4 is 57.3 Å². The first-order valence-electron chi connectivity index (χ1n) is 11.0. The molecule has 4 aromatic rings. The van der Waals surface area contributed by atoms with Gasteiger partial charge in [-0.3, -0.25) is 9.59 Å². The van der Waals surface area contributed by atoms with E-state index in [9.17, 15) is 9.59 Å². The van der Waals surface area contributed by atoms with Crippen LogP contribution in [0.3, 0.4) is 0 Å². The summed E-state index contributed by atoms with van der Waals surface area (Å²) in [6.45, 7) is 1.80. The van der Waals surface area contributed by atoms with Crippen molar-refractivity contribution in [2.75, 3.05) is 5.32 Å². The lowest BCUT2D eigenvalue weighted by Gasteiger charge is -2.13. The lowest BCUT2D eigenvalue weighted by atomic mass is 9.93. The van der Waals surface area contributed by atoms with Crippen molar-refractivity contribution in [2.45, 2.75) is 26.2 Å². The molecule has 0 spiro atoms. The van der Waals surface area contributed by atoms with Crippen LogP contribution in [0.5, 0.6) is 0 Å². The van der Waals surface area contributed by atoms with Gasteiger partial charge in [-0.15, -0.1) is 0 Å². The number of para-hydroxylation sites is 1. The van der Waals surface area contributed by atoms with E-state index in [0.29, 0.717) is 45.6 Å². The Bertz CT molecular complexity index is 1490. The topological polar surface area (TPSA) is 96.6 Å². The van der Waals surface area contributed by atoms with Crippen LogP contribution in [-0.2, 0) is 6.42 Å². The summed E-state index contributed by atoms with van der Waals surface area (Å²) in [5.74, 6) is 0.0226. The summed E-state index contributed by atoms with van der Waals surface area (Å²) in [5.41, 5.74) is 6.13. The minimum absolute atomic E-state index is 0.184. The number of anilines is 1. The molecule has 0 radical (unpaired) electrons. The van der Waals surface area contributed by atoms with Gasteiger partial charge in [-0.05, 0) is 50.1 Å². The smallest absolute Gasteiger partial charge is 0.291 e. The summed E-state index contributed by atoms with van der Waals surface area (Å²) >= 11 is 12.1. The zero-order valence-corrected chi connectivity index (χ0v) is 20.2. The van der Waals surface area contributed by atoms with Crippen LogP contribution in [0.1, 0.15) is 50.8 Å². The van der Waals surface area contributed by atoms with Crippen molar-refractivity contribution in [3.8, 4) is 0 Å². The Morgan fingerprint density at radius 1 is 1.00 bits per heavy atom. The predicted octanol–water partition coefficient (Wildman–Crippen LogP) is 6.17. The lowest BCUT2D eigenvalue weighted by Crippen LogP contribution is -2.23. The van der Waals surface area contributed by atoms with Gasteiger partial charge in [-0.25, -0.2) is 10.4 Å². The molecule has 2 aromatic heterocycles. The number of aryl methyl sites for hydroxylation is 1. The second kappa shape index (κ2) is 9.52. The number of hydrogen-bond acceptors (Lipinski definition) is 5. The van der Waals surface area contributed by atoms with Crippen LogP contribution in [0.25, 0.3) is 10.9 Å². The van der Waals surface area contributed by atoms with Crippen molar-refractivity contribution in [3.63, 3.8) is 0 Å². The van der Waals surface area contributed by atoms with Crippen molar-refractivity contribution in [2.24, 2.45) is 5.10 Å². The molecule has 0 atom stereocenters. The second-order valence-electron chi connectivity index (χ2n) is 8.21. The first-order valence-corrected chi connectivity index (χ1v) is 11.8. The van der Waals surface area contributed by atoms with Gasteiger partial charge in [-0.1, -0.05) is 47.5 Å². The Labute approximate surface area is 211 Å². The number of rotatable bonds is 4. The molecule has 35 heavy (non-hydrogen) atoms. The van der Waals surface area contributed by atoms with Gasteiger partial charge < -0.3 is 9.73 Å². The number of amides is 2. The van der Waals surface area contributed by atoms with Gasteiger partial charge >= 0.3 is 0 Å². The second-order valence-corrected chi connectivity index (χ2v) is 9.08. The predicted molar refractivity (Wildman–Crippen MR) is 137 cm³/mol. The Balaban J connectivity index is 1.38. The highest BCUT2D eigenvalue weighted by Crippen LogP contribution is 2.31. The number of aromatic nitrogens is 1. The highest BCUT2D eigenvalue weighted by Gasteiger charge is 2.28. The maximum Gasteiger partial charge on any atom is 0.291 e. The molecule has 0 unspecified atom stereocenters. The Kier molecular flexibility index (Phi) is 6.28. The number of halogens is 2. The molecule has 0 saturated carbocycles. The van der Waals surface area contributed by atoms with Gasteiger partial charge in [0.2, 0.25) is 0 Å². The Hall–Kier alpha value is -3.68. The molecule has 2 heterocycles. The van der Waals surface area contributed by atoms with Crippen LogP contribution in [0.4, 0.5) is 5.69 Å². The Morgan fingerprint density at radius 2 is 1.77 bits per heavy atom. The van der Waals surface area contributed by atoms with Gasteiger partial charge in [0.1, 0.15) is 11.5 Å². The first kappa shape index (κ1) is 23.1. The maximum absolute atomic E-state index is 12.9. The molecule has 1 aliphatic carbocycles. The number of carbonyl (C=O) groups excluding carboxylic acids is 2. The number of nitrogens with one attached hydrogen (secondary N) is 2. The quantitative estimate of drug-likeness (QED) is 0.323. The number of furan rings is 1. The molecule has 2 aromatic carbocycles. The van der Waals surface area contributed by atoms with Crippen LogP contribution < -0.4 is 10.7 Å². The number of pyridine rings is 1. The monoisotopic (exact) mass is 506 g/mol. The summed E-state index contributed by atoms with van der Waals surface area (Å²) in [5, 5.41) is 8.92.